The molecule has 1 saturated heterocycles. The van der Waals surface area contributed by atoms with E-state index >= 15 is 0 Å². The van der Waals surface area contributed by atoms with Crippen molar-refractivity contribution in [2.75, 3.05) is 12.3 Å². The Hall–Kier alpha value is -5.67. The van der Waals surface area contributed by atoms with Crippen molar-refractivity contribution >= 4 is 34.9 Å². The standard InChI is InChI=1S/C46H59N9O5S/c1-29(31-18-20-32(21-19-31)41-30(2)48-28-61-41)50-44(59)38-23-34(56)27-55(38)45(60)42(46(3,4)5)51-40(58)17-11-9-7-6-8-10-14-22-54-26-33(25-49-54)36-24-37(52-53-43(36)47)35-15-12-13-16-39(35)57/h12-13,15-16,18-21,24-26,28-29,34,38,42,56-57H,6-11,14,17,22-23,27H2,1-5H3,(H2,47,53)(H,50,59)(H,51,58)/t29-,34+,38-,42+/m0/s1. The van der Waals surface area contributed by atoms with E-state index in [9.17, 15) is 24.6 Å². The lowest BCUT2D eigenvalue weighted by molar-refractivity contribution is -0.144. The van der Waals surface area contributed by atoms with Gasteiger partial charge < -0.3 is 31.5 Å². The summed E-state index contributed by atoms with van der Waals surface area (Å²) in [6, 6.07) is 14.8. The lowest BCUT2D eigenvalue weighted by atomic mass is 9.85. The average molecular weight is 850 g/mol. The Labute approximate surface area is 362 Å². The largest absolute Gasteiger partial charge is 0.507 e. The average Bonchev–Trinajstić information content (AvgIpc) is 3.99. The number of thiazole rings is 1. The number of phenols is 1. The van der Waals surface area contributed by atoms with Gasteiger partial charge >= 0.3 is 0 Å². The smallest absolute Gasteiger partial charge is 0.246 e. The number of nitrogens with one attached hydrogen (secondary N) is 2. The minimum absolute atomic E-state index is 0.0286. The van der Waals surface area contributed by atoms with Crippen LogP contribution in [0.4, 0.5) is 5.82 Å². The maximum atomic E-state index is 14.1. The number of unbranched alkanes of at least 4 members (excludes halogenated alkanes) is 6. The third kappa shape index (κ3) is 11.6. The van der Waals surface area contributed by atoms with Gasteiger partial charge in [0.05, 0.1) is 40.1 Å². The summed E-state index contributed by atoms with van der Waals surface area (Å²) in [5, 5.41) is 39.7. The Kier molecular flexibility index (Phi) is 14.9. The van der Waals surface area contributed by atoms with Gasteiger partial charge in [0.15, 0.2) is 5.82 Å². The number of nitrogen functional groups attached to an aromatic ring is 1. The Morgan fingerprint density at radius 2 is 1.64 bits per heavy atom. The van der Waals surface area contributed by atoms with E-state index in [4.69, 9.17) is 5.73 Å². The van der Waals surface area contributed by atoms with Crippen molar-refractivity contribution in [1.82, 2.24) is 40.5 Å². The SMILES string of the molecule is Cc1ncsc1-c1ccc([C@H](C)NC(=O)[C@@H]2C[C@@H](O)CN2C(=O)[C@@H](NC(=O)CCCCCCCCCn2cc(-c3cc(-c4ccccc4O)nnc3N)cn2)C(C)(C)C)cc1. The molecule has 14 nitrogen and oxygen atoms in total. The monoisotopic (exact) mass is 849 g/mol. The quantitative estimate of drug-likeness (QED) is 0.0561. The van der Waals surface area contributed by atoms with Crippen molar-refractivity contribution in [3.05, 3.63) is 83.8 Å². The van der Waals surface area contributed by atoms with Crippen LogP contribution < -0.4 is 16.4 Å². The molecule has 0 unspecified atom stereocenters. The van der Waals surface area contributed by atoms with Crippen LogP contribution >= 0.6 is 11.3 Å². The van der Waals surface area contributed by atoms with Gasteiger partial charge in [-0.15, -0.1) is 21.5 Å². The van der Waals surface area contributed by atoms with Crippen molar-refractivity contribution in [1.29, 1.82) is 0 Å². The van der Waals surface area contributed by atoms with E-state index in [0.717, 1.165) is 72.3 Å². The topological polar surface area (TPSA) is 201 Å². The number of likely N-dealkylation sites (tertiary alicyclic amines) is 1. The van der Waals surface area contributed by atoms with Crippen LogP contribution in [0, 0.1) is 12.3 Å². The third-order valence-electron chi connectivity index (χ3n) is 11.3. The Balaban J connectivity index is 0.904. The Morgan fingerprint density at radius 1 is 0.934 bits per heavy atom. The van der Waals surface area contributed by atoms with Gasteiger partial charge in [-0.3, -0.25) is 19.1 Å². The molecule has 6 rings (SSSR count). The van der Waals surface area contributed by atoms with Gasteiger partial charge in [0.2, 0.25) is 17.7 Å². The molecule has 4 atom stereocenters. The van der Waals surface area contributed by atoms with E-state index in [1.54, 1.807) is 35.7 Å². The zero-order chi connectivity index (χ0) is 43.7. The molecule has 1 aliphatic rings. The number of aliphatic hydroxyl groups excluding tert-OH is 1. The zero-order valence-corrected chi connectivity index (χ0v) is 36.6. The summed E-state index contributed by atoms with van der Waals surface area (Å²) in [4.78, 5) is 47.7. The predicted octanol–water partition coefficient (Wildman–Crippen LogP) is 7.22. The number of anilines is 1. The summed E-state index contributed by atoms with van der Waals surface area (Å²) in [6.07, 6.45) is 10.1. The second kappa shape index (κ2) is 20.3. The number of hydrogen-bond acceptors (Lipinski definition) is 11. The molecule has 3 amide bonds. The van der Waals surface area contributed by atoms with Gasteiger partial charge in [0.25, 0.3) is 0 Å². The molecule has 5 aromatic rings. The molecule has 2 aromatic carbocycles. The second-order valence-electron chi connectivity index (χ2n) is 17.1. The third-order valence-corrected chi connectivity index (χ3v) is 12.3. The summed E-state index contributed by atoms with van der Waals surface area (Å²) in [6.45, 7) is 10.4. The fourth-order valence-electron chi connectivity index (χ4n) is 7.77. The summed E-state index contributed by atoms with van der Waals surface area (Å²) < 4.78 is 1.90. The van der Waals surface area contributed by atoms with Crippen LogP contribution in [0.5, 0.6) is 5.75 Å². The number of β-amino-alcohol motifs (C(OH)–C–C–N with tert-alkyl or cyclic N) is 1. The Bertz CT molecular complexity index is 2270. The number of hydrogen-bond donors (Lipinski definition) is 5. The molecular weight excluding hydrogens is 791 g/mol. The number of para-hydroxylation sites is 1. The van der Waals surface area contributed by atoms with Gasteiger partial charge in [-0.1, -0.05) is 89.3 Å². The molecule has 0 radical (unpaired) electrons. The first-order valence-corrected chi connectivity index (χ1v) is 22.1. The van der Waals surface area contributed by atoms with Crippen molar-refractivity contribution in [3.8, 4) is 38.6 Å². The second-order valence-corrected chi connectivity index (χ2v) is 18.0. The molecule has 4 heterocycles. The lowest BCUT2D eigenvalue weighted by Gasteiger charge is -2.35. The van der Waals surface area contributed by atoms with E-state index in [-0.39, 0.29) is 42.5 Å². The first kappa shape index (κ1) is 44.9. The molecule has 6 N–H and O–H groups in total. The Morgan fingerprint density at radius 3 is 2.33 bits per heavy atom. The highest BCUT2D eigenvalue weighted by Crippen LogP contribution is 2.33. The predicted molar refractivity (Wildman–Crippen MR) is 238 cm³/mol. The summed E-state index contributed by atoms with van der Waals surface area (Å²) >= 11 is 1.58. The highest BCUT2D eigenvalue weighted by Gasteiger charge is 2.44. The van der Waals surface area contributed by atoms with Crippen LogP contribution in [0.25, 0.3) is 32.8 Å². The molecule has 0 aliphatic carbocycles. The van der Waals surface area contributed by atoms with Crippen LogP contribution in [-0.2, 0) is 20.9 Å². The number of carbonyl (C=O) groups is 3. The van der Waals surface area contributed by atoms with E-state index in [2.05, 4.69) is 30.9 Å². The first-order valence-electron chi connectivity index (χ1n) is 21.2. The molecule has 15 heteroatoms. The summed E-state index contributed by atoms with van der Waals surface area (Å²) in [5.41, 5.74) is 13.0. The van der Waals surface area contributed by atoms with E-state index < -0.39 is 23.6 Å². The van der Waals surface area contributed by atoms with Crippen molar-refractivity contribution in [2.45, 2.75) is 123 Å². The van der Waals surface area contributed by atoms with Gasteiger partial charge in [0, 0.05) is 48.8 Å². The van der Waals surface area contributed by atoms with Crippen LogP contribution in [0.3, 0.4) is 0 Å². The van der Waals surface area contributed by atoms with Crippen LogP contribution in [0.2, 0.25) is 0 Å². The fraction of sp³-hybridized carbons (Fsp3) is 0.457. The lowest BCUT2D eigenvalue weighted by Crippen LogP contribution is -2.57. The highest BCUT2D eigenvalue weighted by atomic mass is 32.1. The van der Waals surface area contributed by atoms with Gasteiger partial charge in [-0.25, -0.2) is 4.98 Å². The highest BCUT2D eigenvalue weighted by molar-refractivity contribution is 7.13. The molecule has 0 bridgehead atoms. The number of amides is 3. The zero-order valence-electron chi connectivity index (χ0n) is 35.8. The molecule has 3 aromatic heterocycles. The van der Waals surface area contributed by atoms with Gasteiger partial charge in [-0.2, -0.15) is 5.10 Å². The van der Waals surface area contributed by atoms with Crippen molar-refractivity contribution in [2.24, 2.45) is 5.41 Å². The number of aromatic hydroxyl groups is 1. The number of benzene rings is 2. The van der Waals surface area contributed by atoms with Crippen LogP contribution in [-0.4, -0.2) is 82.5 Å². The van der Waals surface area contributed by atoms with E-state index in [0.29, 0.717) is 35.5 Å². The molecule has 0 spiro atoms. The number of aromatic nitrogens is 5. The van der Waals surface area contributed by atoms with Crippen LogP contribution in [0.1, 0.15) is 103 Å². The maximum Gasteiger partial charge on any atom is 0.246 e. The summed E-state index contributed by atoms with van der Waals surface area (Å²) in [7, 11) is 0. The first-order chi connectivity index (χ1) is 29.2. The molecule has 0 saturated carbocycles. The number of rotatable bonds is 18. The molecule has 1 fully saturated rings. The number of aliphatic hydroxyl groups is 1. The van der Waals surface area contributed by atoms with Crippen LogP contribution in [0.15, 0.2) is 72.5 Å². The number of nitrogens with two attached hydrogens (primary N) is 1. The van der Waals surface area contributed by atoms with E-state index in [1.165, 1.54) is 4.90 Å². The van der Waals surface area contributed by atoms with E-state index in [1.807, 2.05) is 87.4 Å². The molecular formula is C46H59N9O5S. The minimum Gasteiger partial charge on any atom is -0.507 e. The fourth-order valence-corrected chi connectivity index (χ4v) is 8.58. The van der Waals surface area contributed by atoms with Crippen molar-refractivity contribution < 1.29 is 24.6 Å². The number of phenolic OH excluding ortho intramolecular Hbond substituents is 1. The van der Waals surface area contributed by atoms with Crippen molar-refractivity contribution in [3.63, 3.8) is 0 Å². The normalized spacial score (nSPS) is 16.3. The molecule has 1 aliphatic heterocycles. The number of aryl methyl sites for hydroxylation is 2. The number of nitrogens with zero attached hydrogens (tertiary/aromatic N) is 6. The minimum atomic E-state index is -0.855. The molecule has 324 valence electrons. The van der Waals surface area contributed by atoms with Gasteiger partial charge in [0.1, 0.15) is 17.8 Å². The van der Waals surface area contributed by atoms with Gasteiger partial charge in [-0.05, 0) is 61.4 Å². The maximum absolute atomic E-state index is 14.1. The number of carbonyl (C=O) groups excluding carboxylic acids is 3. The molecule has 61 heavy (non-hydrogen) atoms. The summed E-state index contributed by atoms with van der Waals surface area (Å²) in [5.74, 6) is -0.477.